The lowest BCUT2D eigenvalue weighted by atomic mass is 9.97. The van der Waals surface area contributed by atoms with Crippen molar-refractivity contribution in [1.29, 1.82) is 0 Å². The van der Waals surface area contributed by atoms with Crippen LogP contribution in [0.15, 0.2) is 58.9 Å². The van der Waals surface area contributed by atoms with Crippen LogP contribution in [-0.4, -0.2) is 34.1 Å². The van der Waals surface area contributed by atoms with Gasteiger partial charge in [-0.15, -0.1) is 10.2 Å². The Morgan fingerprint density at radius 2 is 1.97 bits per heavy atom. The van der Waals surface area contributed by atoms with Crippen molar-refractivity contribution >= 4 is 45.7 Å². The number of nitrogens with one attached hydrogen (secondary N) is 1. The van der Waals surface area contributed by atoms with Gasteiger partial charge >= 0.3 is 0 Å². The van der Waals surface area contributed by atoms with E-state index in [4.69, 9.17) is 11.6 Å². The van der Waals surface area contributed by atoms with E-state index in [9.17, 15) is 4.79 Å². The number of anilines is 1. The molecule has 5 nitrogen and oxygen atoms in total. The zero-order valence-electron chi connectivity index (χ0n) is 16.5. The van der Waals surface area contributed by atoms with E-state index in [1.807, 2.05) is 42.5 Å². The molecule has 1 aliphatic heterocycles. The normalized spacial score (nSPS) is 17.0. The van der Waals surface area contributed by atoms with E-state index in [1.54, 1.807) is 11.8 Å². The molecule has 2 heterocycles. The van der Waals surface area contributed by atoms with Crippen molar-refractivity contribution in [3.8, 4) is 0 Å². The third kappa shape index (κ3) is 5.82. The van der Waals surface area contributed by atoms with Crippen molar-refractivity contribution in [2.75, 3.05) is 18.4 Å². The number of hydrogen-bond donors (Lipinski definition) is 1. The summed E-state index contributed by atoms with van der Waals surface area (Å²) in [5.74, 6) is 0.809. The smallest absolute Gasteiger partial charge is 0.230 e. The molecule has 1 aromatic heterocycles. The summed E-state index contributed by atoms with van der Waals surface area (Å²) in [4.78, 5) is 15.1. The number of amides is 1. The molecule has 0 unspecified atom stereocenters. The van der Waals surface area contributed by atoms with Gasteiger partial charge in [0.2, 0.25) is 11.0 Å². The summed E-state index contributed by atoms with van der Waals surface area (Å²) in [6.45, 7) is 2.47. The molecule has 0 bridgehead atoms. The molecule has 0 aliphatic carbocycles. The van der Waals surface area contributed by atoms with E-state index in [-0.39, 0.29) is 11.8 Å². The Kier molecular flexibility index (Phi) is 7.38. The predicted octanol–water partition coefficient (Wildman–Crippen LogP) is 5.33. The Labute approximate surface area is 189 Å². The second-order valence-corrected chi connectivity index (χ2v) is 9.91. The molecule has 1 saturated heterocycles. The van der Waals surface area contributed by atoms with Crippen molar-refractivity contribution in [2.24, 2.45) is 5.92 Å². The van der Waals surface area contributed by atoms with Crippen molar-refractivity contribution in [2.45, 2.75) is 29.5 Å². The number of rotatable bonds is 7. The van der Waals surface area contributed by atoms with Crippen LogP contribution in [-0.2, 0) is 17.1 Å². The minimum atomic E-state index is -0.0504. The summed E-state index contributed by atoms with van der Waals surface area (Å²) in [6.07, 6.45) is 1.89. The summed E-state index contributed by atoms with van der Waals surface area (Å²) in [5.41, 5.74) is 2.34. The van der Waals surface area contributed by atoms with E-state index in [2.05, 4.69) is 32.5 Å². The first-order valence-corrected chi connectivity index (χ1v) is 12.1. The first kappa shape index (κ1) is 21.3. The highest BCUT2D eigenvalue weighted by molar-refractivity contribution is 8.00. The largest absolute Gasteiger partial charge is 0.300 e. The average molecular weight is 459 g/mol. The lowest BCUT2D eigenvalue weighted by molar-refractivity contribution is -0.121. The van der Waals surface area contributed by atoms with Crippen molar-refractivity contribution in [1.82, 2.24) is 15.1 Å². The molecule has 1 atom stereocenters. The van der Waals surface area contributed by atoms with Crippen molar-refractivity contribution in [3.05, 3.63) is 70.7 Å². The number of nitrogens with zero attached hydrogens (tertiary/aromatic N) is 3. The monoisotopic (exact) mass is 458 g/mol. The number of piperidine rings is 1. The topological polar surface area (TPSA) is 58.1 Å². The highest BCUT2D eigenvalue weighted by Crippen LogP contribution is 2.29. The standard InChI is InChI=1S/C22H23ClN4OS2/c23-19-11-5-4-9-17(19)13-27-12-6-10-18(14-27)20(28)24-21-25-26-22(30-21)29-15-16-7-2-1-3-8-16/h1-5,7-9,11,18H,6,10,12-15H2,(H,24,25,28)/t18-/m1/s1. The summed E-state index contributed by atoms with van der Waals surface area (Å²) in [7, 11) is 0. The van der Waals surface area contributed by atoms with Crippen LogP contribution in [0.2, 0.25) is 5.02 Å². The van der Waals surface area contributed by atoms with Crippen LogP contribution in [0.5, 0.6) is 0 Å². The molecule has 1 N–H and O–H groups in total. The molecule has 1 aliphatic rings. The van der Waals surface area contributed by atoms with Gasteiger partial charge in [-0.05, 0) is 36.6 Å². The molecular formula is C22H23ClN4OS2. The minimum absolute atomic E-state index is 0.0228. The third-order valence-corrected chi connectivity index (χ3v) is 7.48. The van der Waals surface area contributed by atoms with Gasteiger partial charge in [0.1, 0.15) is 0 Å². The van der Waals surface area contributed by atoms with E-state index in [1.165, 1.54) is 16.9 Å². The molecule has 2 aromatic carbocycles. The Morgan fingerprint density at radius 1 is 1.17 bits per heavy atom. The number of thioether (sulfide) groups is 1. The predicted molar refractivity (Wildman–Crippen MR) is 124 cm³/mol. The molecule has 156 valence electrons. The lowest BCUT2D eigenvalue weighted by Gasteiger charge is -2.32. The SMILES string of the molecule is O=C(Nc1nnc(SCc2ccccc2)s1)[C@@H]1CCCN(Cc2ccccc2Cl)C1. The number of carbonyl (C=O) groups is 1. The van der Waals surface area contributed by atoms with Crippen LogP contribution in [0.4, 0.5) is 5.13 Å². The van der Waals surface area contributed by atoms with Gasteiger partial charge in [-0.1, -0.05) is 83.2 Å². The lowest BCUT2D eigenvalue weighted by Crippen LogP contribution is -2.40. The zero-order valence-corrected chi connectivity index (χ0v) is 18.8. The Bertz CT molecular complexity index is 982. The maximum absolute atomic E-state index is 12.8. The fourth-order valence-electron chi connectivity index (χ4n) is 3.53. The van der Waals surface area contributed by atoms with Crippen molar-refractivity contribution < 1.29 is 4.79 Å². The fourth-order valence-corrected chi connectivity index (χ4v) is 5.43. The van der Waals surface area contributed by atoms with Crippen molar-refractivity contribution in [3.63, 3.8) is 0 Å². The summed E-state index contributed by atoms with van der Waals surface area (Å²) in [6, 6.07) is 18.1. The minimum Gasteiger partial charge on any atom is -0.300 e. The van der Waals surface area contributed by atoms with Gasteiger partial charge in [0.15, 0.2) is 4.34 Å². The Morgan fingerprint density at radius 3 is 2.80 bits per heavy atom. The van der Waals surface area contributed by atoms with Gasteiger partial charge < -0.3 is 5.32 Å². The molecular weight excluding hydrogens is 436 g/mol. The first-order valence-electron chi connectivity index (χ1n) is 9.94. The fraction of sp³-hybridized carbons (Fsp3) is 0.318. The summed E-state index contributed by atoms with van der Waals surface area (Å²) >= 11 is 9.36. The van der Waals surface area contributed by atoms with Crippen LogP contribution >= 0.6 is 34.7 Å². The van der Waals surface area contributed by atoms with Gasteiger partial charge in [-0.3, -0.25) is 9.69 Å². The number of benzene rings is 2. The van der Waals surface area contributed by atoms with E-state index in [0.29, 0.717) is 5.13 Å². The Hall–Kier alpha value is -1.93. The second-order valence-electron chi connectivity index (χ2n) is 7.30. The Balaban J connectivity index is 1.29. The van der Waals surface area contributed by atoms with Gasteiger partial charge in [0, 0.05) is 23.9 Å². The van der Waals surface area contributed by atoms with Gasteiger partial charge in [-0.2, -0.15) is 0 Å². The van der Waals surface area contributed by atoms with E-state index >= 15 is 0 Å². The molecule has 1 amide bonds. The highest BCUT2D eigenvalue weighted by Gasteiger charge is 2.27. The number of likely N-dealkylation sites (tertiary alicyclic amines) is 1. The zero-order chi connectivity index (χ0) is 20.8. The van der Waals surface area contributed by atoms with Gasteiger partial charge in [0.05, 0.1) is 5.92 Å². The van der Waals surface area contributed by atoms with Gasteiger partial charge in [-0.25, -0.2) is 0 Å². The molecule has 4 rings (SSSR count). The maximum Gasteiger partial charge on any atom is 0.230 e. The third-order valence-electron chi connectivity index (χ3n) is 5.07. The van der Waals surface area contributed by atoms with Crippen LogP contribution < -0.4 is 5.32 Å². The molecule has 1 fully saturated rings. The summed E-state index contributed by atoms with van der Waals surface area (Å²) in [5, 5.41) is 12.7. The summed E-state index contributed by atoms with van der Waals surface area (Å²) < 4.78 is 0.859. The number of carbonyl (C=O) groups excluding carboxylic acids is 1. The van der Waals surface area contributed by atoms with Crippen LogP contribution in [0, 0.1) is 5.92 Å². The molecule has 0 radical (unpaired) electrons. The first-order chi connectivity index (χ1) is 14.7. The quantitative estimate of drug-likeness (QED) is 0.382. The van der Waals surface area contributed by atoms with E-state index in [0.717, 1.165) is 53.2 Å². The van der Waals surface area contributed by atoms with E-state index < -0.39 is 0 Å². The molecule has 30 heavy (non-hydrogen) atoms. The maximum atomic E-state index is 12.8. The number of hydrogen-bond acceptors (Lipinski definition) is 6. The van der Waals surface area contributed by atoms with Crippen LogP contribution in [0.1, 0.15) is 24.0 Å². The molecule has 8 heteroatoms. The van der Waals surface area contributed by atoms with Crippen LogP contribution in [0.25, 0.3) is 0 Å². The number of aromatic nitrogens is 2. The second kappa shape index (κ2) is 10.4. The van der Waals surface area contributed by atoms with Gasteiger partial charge in [0.25, 0.3) is 0 Å². The molecule has 0 spiro atoms. The van der Waals surface area contributed by atoms with Crippen LogP contribution in [0.3, 0.4) is 0 Å². The molecule has 3 aromatic rings. The number of halogens is 1. The average Bonchev–Trinajstić information content (AvgIpc) is 3.22. The highest BCUT2D eigenvalue weighted by atomic mass is 35.5. The molecule has 0 saturated carbocycles.